The summed E-state index contributed by atoms with van der Waals surface area (Å²) in [5.74, 6) is -0.408. The van der Waals surface area contributed by atoms with Gasteiger partial charge in [-0.2, -0.15) is 5.10 Å². The highest BCUT2D eigenvalue weighted by Crippen LogP contribution is 2.08. The molecule has 6 nitrogen and oxygen atoms in total. The van der Waals surface area contributed by atoms with Gasteiger partial charge in [0.05, 0.1) is 18.8 Å². The Hall–Kier alpha value is -1.72. The van der Waals surface area contributed by atoms with Crippen molar-refractivity contribution in [1.29, 1.82) is 0 Å². The van der Waals surface area contributed by atoms with E-state index in [2.05, 4.69) is 15.2 Å². The van der Waals surface area contributed by atoms with Gasteiger partial charge in [0.2, 0.25) is 5.95 Å². The Labute approximate surface area is 81.6 Å². The smallest absolute Gasteiger partial charge is 0.305 e. The van der Waals surface area contributed by atoms with E-state index in [1.54, 1.807) is 18.9 Å². The average molecular weight is 196 g/mol. The van der Waals surface area contributed by atoms with Gasteiger partial charge in [-0.15, -0.1) is 5.10 Å². The predicted octanol–water partition coefficient (Wildman–Crippen LogP) is 0.171. The lowest BCUT2D eigenvalue weighted by Gasteiger charge is -2.22. The third-order valence-corrected chi connectivity index (χ3v) is 1.92. The number of aliphatic carboxylic acids is 1. The Morgan fingerprint density at radius 1 is 1.64 bits per heavy atom. The van der Waals surface area contributed by atoms with Crippen LogP contribution in [0.4, 0.5) is 5.95 Å². The Bertz CT molecular complexity index is 303. The monoisotopic (exact) mass is 196 g/mol. The van der Waals surface area contributed by atoms with E-state index >= 15 is 0 Å². The van der Waals surface area contributed by atoms with Crippen LogP contribution in [0.15, 0.2) is 12.4 Å². The SMILES string of the molecule is CC(CC(=O)O)N(C)c1nccnn1. The zero-order valence-corrected chi connectivity index (χ0v) is 8.08. The second-order valence-corrected chi connectivity index (χ2v) is 3.00. The molecule has 0 spiro atoms. The molecule has 0 amide bonds. The van der Waals surface area contributed by atoms with Crippen LogP contribution in [0.2, 0.25) is 0 Å². The molecule has 1 N–H and O–H groups in total. The molecule has 0 aromatic carbocycles. The molecule has 1 unspecified atom stereocenters. The molecule has 1 atom stereocenters. The number of carboxylic acids is 1. The normalized spacial score (nSPS) is 12.1. The van der Waals surface area contributed by atoms with Crippen LogP contribution in [-0.4, -0.2) is 39.3 Å². The number of rotatable bonds is 4. The van der Waals surface area contributed by atoms with Gasteiger partial charge in [-0.25, -0.2) is 4.98 Å². The van der Waals surface area contributed by atoms with Gasteiger partial charge in [0.1, 0.15) is 0 Å². The summed E-state index contributed by atoms with van der Waals surface area (Å²) in [6.07, 6.45) is 3.04. The largest absolute Gasteiger partial charge is 0.481 e. The Kier molecular flexibility index (Phi) is 3.33. The van der Waals surface area contributed by atoms with Gasteiger partial charge < -0.3 is 10.0 Å². The fourth-order valence-corrected chi connectivity index (χ4v) is 0.989. The molecule has 76 valence electrons. The summed E-state index contributed by atoms with van der Waals surface area (Å²) in [4.78, 5) is 16.1. The first-order valence-corrected chi connectivity index (χ1v) is 4.19. The molecule has 1 rings (SSSR count). The van der Waals surface area contributed by atoms with Gasteiger partial charge in [0.15, 0.2) is 0 Å². The number of hydrogen-bond donors (Lipinski definition) is 1. The molecule has 0 fully saturated rings. The highest BCUT2D eigenvalue weighted by Gasteiger charge is 2.15. The molecule has 1 aromatic heterocycles. The number of nitrogens with zero attached hydrogens (tertiary/aromatic N) is 4. The quantitative estimate of drug-likeness (QED) is 0.739. The van der Waals surface area contributed by atoms with E-state index in [4.69, 9.17) is 5.11 Å². The molecule has 14 heavy (non-hydrogen) atoms. The van der Waals surface area contributed by atoms with Crippen molar-refractivity contribution < 1.29 is 9.90 Å². The fraction of sp³-hybridized carbons (Fsp3) is 0.500. The van der Waals surface area contributed by atoms with Crippen LogP contribution in [0.5, 0.6) is 0 Å². The van der Waals surface area contributed by atoms with E-state index in [1.165, 1.54) is 12.4 Å². The molecule has 0 radical (unpaired) electrons. The van der Waals surface area contributed by atoms with Gasteiger partial charge in [0, 0.05) is 13.1 Å². The van der Waals surface area contributed by atoms with Crippen molar-refractivity contribution in [2.45, 2.75) is 19.4 Å². The van der Waals surface area contributed by atoms with Crippen molar-refractivity contribution in [2.24, 2.45) is 0 Å². The highest BCUT2D eigenvalue weighted by molar-refractivity contribution is 5.68. The lowest BCUT2D eigenvalue weighted by atomic mass is 10.2. The van der Waals surface area contributed by atoms with Crippen molar-refractivity contribution >= 4 is 11.9 Å². The molecular weight excluding hydrogens is 184 g/mol. The number of aromatic nitrogens is 3. The number of carboxylic acid groups (broad SMARTS) is 1. The minimum absolute atomic E-state index is 0.0504. The standard InChI is InChI=1S/C8H12N4O2/c1-6(5-7(13)14)12(2)8-9-3-4-10-11-8/h3-4,6H,5H2,1-2H3,(H,13,14). The summed E-state index contributed by atoms with van der Waals surface area (Å²) in [6, 6.07) is -0.156. The topological polar surface area (TPSA) is 79.2 Å². The van der Waals surface area contributed by atoms with Crippen LogP contribution in [0, 0.1) is 0 Å². The van der Waals surface area contributed by atoms with Gasteiger partial charge in [-0.3, -0.25) is 4.79 Å². The molecule has 0 aliphatic rings. The van der Waals surface area contributed by atoms with E-state index in [1.807, 2.05) is 0 Å². The van der Waals surface area contributed by atoms with Crippen LogP contribution < -0.4 is 4.90 Å². The number of carbonyl (C=O) groups is 1. The lowest BCUT2D eigenvalue weighted by Crippen LogP contribution is -2.32. The molecule has 0 aliphatic heterocycles. The van der Waals surface area contributed by atoms with E-state index < -0.39 is 5.97 Å². The first kappa shape index (κ1) is 10.4. The van der Waals surface area contributed by atoms with Gasteiger partial charge in [-0.1, -0.05) is 0 Å². The molecule has 0 aliphatic carbocycles. The molecule has 6 heteroatoms. The second kappa shape index (κ2) is 4.50. The first-order chi connectivity index (χ1) is 6.61. The molecular formula is C8H12N4O2. The maximum absolute atomic E-state index is 10.5. The van der Waals surface area contributed by atoms with Crippen LogP contribution in [-0.2, 0) is 4.79 Å². The third kappa shape index (κ3) is 2.65. The van der Waals surface area contributed by atoms with Gasteiger partial charge in [0.25, 0.3) is 0 Å². The zero-order valence-electron chi connectivity index (χ0n) is 8.08. The van der Waals surface area contributed by atoms with Crippen molar-refractivity contribution in [3.8, 4) is 0 Å². The Morgan fingerprint density at radius 3 is 2.86 bits per heavy atom. The van der Waals surface area contributed by atoms with Gasteiger partial charge in [-0.05, 0) is 6.92 Å². The van der Waals surface area contributed by atoms with E-state index in [9.17, 15) is 4.79 Å². The summed E-state index contributed by atoms with van der Waals surface area (Å²) < 4.78 is 0. The molecule has 0 saturated heterocycles. The Morgan fingerprint density at radius 2 is 2.36 bits per heavy atom. The van der Waals surface area contributed by atoms with Crippen LogP contribution in [0.25, 0.3) is 0 Å². The van der Waals surface area contributed by atoms with Crippen LogP contribution in [0.1, 0.15) is 13.3 Å². The summed E-state index contributed by atoms with van der Waals surface area (Å²) in [5.41, 5.74) is 0. The van der Waals surface area contributed by atoms with E-state index in [0.717, 1.165) is 0 Å². The fourth-order valence-electron chi connectivity index (χ4n) is 0.989. The average Bonchev–Trinajstić information content (AvgIpc) is 2.17. The molecule has 1 heterocycles. The van der Waals surface area contributed by atoms with Crippen molar-refractivity contribution in [2.75, 3.05) is 11.9 Å². The predicted molar refractivity (Wildman–Crippen MR) is 49.9 cm³/mol. The van der Waals surface area contributed by atoms with Gasteiger partial charge >= 0.3 is 5.97 Å². The number of hydrogen-bond acceptors (Lipinski definition) is 5. The maximum atomic E-state index is 10.5. The molecule has 0 saturated carbocycles. The highest BCUT2D eigenvalue weighted by atomic mass is 16.4. The van der Waals surface area contributed by atoms with Crippen molar-refractivity contribution in [1.82, 2.24) is 15.2 Å². The van der Waals surface area contributed by atoms with Crippen LogP contribution in [0.3, 0.4) is 0 Å². The van der Waals surface area contributed by atoms with Crippen LogP contribution >= 0.6 is 0 Å². The minimum atomic E-state index is -0.840. The van der Waals surface area contributed by atoms with E-state index in [0.29, 0.717) is 5.95 Å². The summed E-state index contributed by atoms with van der Waals surface area (Å²) >= 11 is 0. The zero-order chi connectivity index (χ0) is 10.6. The van der Waals surface area contributed by atoms with Crippen molar-refractivity contribution in [3.05, 3.63) is 12.4 Å². The summed E-state index contributed by atoms with van der Waals surface area (Å²) in [7, 11) is 1.74. The summed E-state index contributed by atoms with van der Waals surface area (Å²) in [6.45, 7) is 1.80. The maximum Gasteiger partial charge on any atom is 0.305 e. The lowest BCUT2D eigenvalue weighted by molar-refractivity contribution is -0.137. The molecule has 0 bridgehead atoms. The van der Waals surface area contributed by atoms with E-state index in [-0.39, 0.29) is 12.5 Å². The third-order valence-electron chi connectivity index (χ3n) is 1.92. The molecule has 1 aromatic rings. The second-order valence-electron chi connectivity index (χ2n) is 3.00. The minimum Gasteiger partial charge on any atom is -0.481 e. The first-order valence-electron chi connectivity index (χ1n) is 4.19. The Balaban J connectivity index is 2.65. The van der Waals surface area contributed by atoms with Crippen molar-refractivity contribution in [3.63, 3.8) is 0 Å². The number of anilines is 1. The summed E-state index contributed by atoms with van der Waals surface area (Å²) in [5, 5.41) is 16.0.